The normalized spacial score (nSPS) is 15.5. The molecule has 1 aromatic carbocycles. The molecule has 0 spiro atoms. The van der Waals surface area contributed by atoms with Crippen molar-refractivity contribution in [3.8, 4) is 0 Å². The standard InChI is InChI=1S/C20H20ClN3O2/c1-14-17-12-15(21)5-6-18(17)26-19(14)20(25)24-10-8-23(9-11-24)13-16-4-2-3-7-22-16/h2-7,12H,8-11,13H2,1H3. The summed E-state index contributed by atoms with van der Waals surface area (Å²) in [7, 11) is 0. The maximum atomic E-state index is 12.9. The highest BCUT2D eigenvalue weighted by Gasteiger charge is 2.26. The van der Waals surface area contributed by atoms with Crippen LogP contribution in [-0.2, 0) is 6.54 Å². The van der Waals surface area contributed by atoms with Crippen LogP contribution in [0.2, 0.25) is 5.02 Å². The van der Waals surface area contributed by atoms with E-state index < -0.39 is 0 Å². The summed E-state index contributed by atoms with van der Waals surface area (Å²) >= 11 is 6.06. The molecule has 1 fully saturated rings. The third kappa shape index (κ3) is 3.32. The molecular weight excluding hydrogens is 350 g/mol. The van der Waals surface area contributed by atoms with Gasteiger partial charge in [-0.15, -0.1) is 0 Å². The fourth-order valence-electron chi connectivity index (χ4n) is 3.37. The van der Waals surface area contributed by atoms with E-state index in [1.54, 1.807) is 6.07 Å². The molecule has 5 nitrogen and oxygen atoms in total. The molecule has 6 heteroatoms. The molecule has 1 amide bonds. The Balaban J connectivity index is 1.44. The van der Waals surface area contributed by atoms with Crippen LogP contribution in [0.4, 0.5) is 0 Å². The van der Waals surface area contributed by atoms with Crippen molar-refractivity contribution in [3.63, 3.8) is 0 Å². The van der Waals surface area contributed by atoms with E-state index in [9.17, 15) is 4.79 Å². The lowest BCUT2D eigenvalue weighted by Crippen LogP contribution is -2.48. The van der Waals surface area contributed by atoms with Gasteiger partial charge >= 0.3 is 0 Å². The van der Waals surface area contributed by atoms with Gasteiger partial charge in [0.1, 0.15) is 5.58 Å². The van der Waals surface area contributed by atoms with Crippen LogP contribution >= 0.6 is 11.6 Å². The van der Waals surface area contributed by atoms with Crippen LogP contribution in [0.25, 0.3) is 11.0 Å². The average Bonchev–Trinajstić information content (AvgIpc) is 2.99. The van der Waals surface area contributed by atoms with Gasteiger partial charge in [0.2, 0.25) is 0 Å². The van der Waals surface area contributed by atoms with Crippen LogP contribution in [0.1, 0.15) is 21.8 Å². The molecule has 0 atom stereocenters. The zero-order valence-electron chi connectivity index (χ0n) is 14.6. The van der Waals surface area contributed by atoms with E-state index in [1.807, 2.05) is 48.4 Å². The van der Waals surface area contributed by atoms with Gasteiger partial charge in [0.05, 0.1) is 5.69 Å². The van der Waals surface area contributed by atoms with Gasteiger partial charge in [0, 0.05) is 54.9 Å². The summed E-state index contributed by atoms with van der Waals surface area (Å²) in [6.45, 7) is 5.74. The minimum atomic E-state index is -0.0488. The number of fused-ring (bicyclic) bond motifs is 1. The summed E-state index contributed by atoms with van der Waals surface area (Å²) in [6.07, 6.45) is 1.81. The molecule has 0 unspecified atom stereocenters. The van der Waals surface area contributed by atoms with E-state index in [2.05, 4.69) is 9.88 Å². The van der Waals surface area contributed by atoms with Crippen LogP contribution in [0.15, 0.2) is 47.0 Å². The van der Waals surface area contributed by atoms with E-state index in [1.165, 1.54) is 0 Å². The van der Waals surface area contributed by atoms with Gasteiger partial charge in [-0.2, -0.15) is 0 Å². The maximum Gasteiger partial charge on any atom is 0.289 e. The zero-order chi connectivity index (χ0) is 18.1. The van der Waals surface area contributed by atoms with Gasteiger partial charge in [-0.1, -0.05) is 17.7 Å². The number of rotatable bonds is 3. The number of carbonyl (C=O) groups is 1. The number of hydrogen-bond donors (Lipinski definition) is 0. The summed E-state index contributed by atoms with van der Waals surface area (Å²) in [6, 6.07) is 11.4. The van der Waals surface area contributed by atoms with E-state index in [0.29, 0.717) is 29.5 Å². The van der Waals surface area contributed by atoms with Crippen LogP contribution in [0.3, 0.4) is 0 Å². The van der Waals surface area contributed by atoms with Crippen LogP contribution in [-0.4, -0.2) is 46.9 Å². The van der Waals surface area contributed by atoms with Gasteiger partial charge < -0.3 is 9.32 Å². The molecular formula is C20H20ClN3O2. The van der Waals surface area contributed by atoms with Crippen molar-refractivity contribution in [2.75, 3.05) is 26.2 Å². The Morgan fingerprint density at radius 1 is 1.19 bits per heavy atom. The van der Waals surface area contributed by atoms with Gasteiger partial charge in [-0.05, 0) is 37.3 Å². The lowest BCUT2D eigenvalue weighted by molar-refractivity contribution is 0.0597. The van der Waals surface area contributed by atoms with Crippen molar-refractivity contribution in [3.05, 3.63) is 64.6 Å². The van der Waals surface area contributed by atoms with Gasteiger partial charge in [0.25, 0.3) is 5.91 Å². The number of pyridine rings is 1. The molecule has 0 saturated carbocycles. The predicted octanol–water partition coefficient (Wildman–Crippen LogP) is 3.75. The predicted molar refractivity (Wildman–Crippen MR) is 101 cm³/mol. The van der Waals surface area contributed by atoms with Gasteiger partial charge in [-0.25, -0.2) is 0 Å². The molecule has 0 bridgehead atoms. The molecule has 0 radical (unpaired) electrons. The number of aromatic nitrogens is 1. The molecule has 2 aromatic heterocycles. The average molecular weight is 370 g/mol. The number of halogens is 1. The number of nitrogens with zero attached hydrogens (tertiary/aromatic N) is 3. The molecule has 1 saturated heterocycles. The summed E-state index contributed by atoms with van der Waals surface area (Å²) in [5.41, 5.74) is 2.60. The van der Waals surface area contributed by atoms with Gasteiger partial charge in [0.15, 0.2) is 5.76 Å². The first-order chi connectivity index (χ1) is 12.6. The second-order valence-corrected chi connectivity index (χ2v) is 7.02. The highest BCUT2D eigenvalue weighted by atomic mass is 35.5. The largest absolute Gasteiger partial charge is 0.451 e. The highest BCUT2D eigenvalue weighted by Crippen LogP contribution is 2.29. The number of hydrogen-bond acceptors (Lipinski definition) is 4. The monoisotopic (exact) mass is 369 g/mol. The Hall–Kier alpha value is -2.37. The number of benzene rings is 1. The van der Waals surface area contributed by atoms with Crippen LogP contribution < -0.4 is 0 Å². The van der Waals surface area contributed by atoms with E-state index in [-0.39, 0.29) is 5.91 Å². The van der Waals surface area contributed by atoms with Crippen molar-refractivity contribution in [2.24, 2.45) is 0 Å². The Kier molecular flexibility index (Phi) is 4.66. The number of furan rings is 1. The third-order valence-electron chi connectivity index (χ3n) is 4.86. The molecule has 1 aliphatic heterocycles. The van der Waals surface area contributed by atoms with Crippen molar-refractivity contribution < 1.29 is 9.21 Å². The Morgan fingerprint density at radius 2 is 2.00 bits per heavy atom. The first kappa shape index (κ1) is 17.1. The van der Waals surface area contributed by atoms with Crippen molar-refractivity contribution in [1.82, 2.24) is 14.8 Å². The van der Waals surface area contributed by atoms with Crippen molar-refractivity contribution in [2.45, 2.75) is 13.5 Å². The van der Waals surface area contributed by atoms with E-state index >= 15 is 0 Å². The number of amides is 1. The summed E-state index contributed by atoms with van der Waals surface area (Å²) in [5.74, 6) is 0.368. The highest BCUT2D eigenvalue weighted by molar-refractivity contribution is 6.31. The van der Waals surface area contributed by atoms with Crippen LogP contribution in [0.5, 0.6) is 0 Å². The SMILES string of the molecule is Cc1c(C(=O)N2CCN(Cc3ccccn3)CC2)oc2ccc(Cl)cc12. The molecule has 134 valence electrons. The minimum absolute atomic E-state index is 0.0488. The molecule has 4 rings (SSSR count). The Morgan fingerprint density at radius 3 is 2.73 bits per heavy atom. The maximum absolute atomic E-state index is 12.9. The lowest BCUT2D eigenvalue weighted by Gasteiger charge is -2.34. The third-order valence-corrected chi connectivity index (χ3v) is 5.10. The lowest BCUT2D eigenvalue weighted by atomic mass is 10.1. The van der Waals surface area contributed by atoms with Crippen LogP contribution in [0, 0.1) is 6.92 Å². The van der Waals surface area contributed by atoms with Gasteiger partial charge in [-0.3, -0.25) is 14.7 Å². The molecule has 3 heterocycles. The smallest absolute Gasteiger partial charge is 0.289 e. The second kappa shape index (κ2) is 7.09. The first-order valence-corrected chi connectivity index (χ1v) is 9.10. The fraction of sp³-hybridized carbons (Fsp3) is 0.300. The van der Waals surface area contributed by atoms with E-state index in [4.69, 9.17) is 16.0 Å². The second-order valence-electron chi connectivity index (χ2n) is 6.59. The molecule has 1 aliphatic rings. The minimum Gasteiger partial charge on any atom is -0.451 e. The molecule has 0 N–H and O–H groups in total. The number of carbonyl (C=O) groups excluding carboxylic acids is 1. The van der Waals surface area contributed by atoms with E-state index in [0.717, 1.165) is 36.3 Å². The van der Waals surface area contributed by atoms with Crippen molar-refractivity contribution >= 4 is 28.5 Å². The number of piperazine rings is 1. The summed E-state index contributed by atoms with van der Waals surface area (Å²) < 4.78 is 5.82. The summed E-state index contributed by atoms with van der Waals surface area (Å²) in [5, 5.41) is 1.54. The van der Waals surface area contributed by atoms with Crippen molar-refractivity contribution in [1.29, 1.82) is 0 Å². The zero-order valence-corrected chi connectivity index (χ0v) is 15.4. The Bertz CT molecular complexity index is 931. The number of aryl methyl sites for hydroxylation is 1. The molecule has 26 heavy (non-hydrogen) atoms. The quantitative estimate of drug-likeness (QED) is 0.705. The Labute approximate surface area is 157 Å². The molecule has 0 aliphatic carbocycles. The molecule has 3 aromatic rings. The topological polar surface area (TPSA) is 49.6 Å². The summed E-state index contributed by atoms with van der Waals surface area (Å²) in [4.78, 5) is 21.5. The first-order valence-electron chi connectivity index (χ1n) is 8.72. The fourth-order valence-corrected chi connectivity index (χ4v) is 3.54.